The number of hydrogen-bond acceptors (Lipinski definition) is 4. The van der Waals surface area contributed by atoms with Crippen molar-refractivity contribution in [2.75, 3.05) is 26.3 Å². The number of ether oxygens (including phenoxy) is 1. The molecule has 0 spiro atoms. The molecule has 1 aliphatic heterocycles. The summed E-state index contributed by atoms with van der Waals surface area (Å²) < 4.78 is 5.51. The highest BCUT2D eigenvalue weighted by Gasteiger charge is 2.14. The maximum atomic E-state index is 5.51. The summed E-state index contributed by atoms with van der Waals surface area (Å²) in [5.74, 6) is 6.10. The minimum Gasteiger partial charge on any atom is -0.394 e. The molecule has 0 radical (unpaired) electrons. The predicted molar refractivity (Wildman–Crippen MR) is 73.5 cm³/mol. The molecule has 18 heavy (non-hydrogen) atoms. The van der Waals surface area contributed by atoms with Crippen LogP contribution in [0.1, 0.15) is 33.6 Å². The maximum Gasteiger partial charge on any atom is 0.132 e. The van der Waals surface area contributed by atoms with E-state index in [0.717, 1.165) is 31.8 Å². The average Bonchev–Trinajstić information content (AvgIpc) is 2.84. The summed E-state index contributed by atoms with van der Waals surface area (Å²) >= 11 is 0. The molecular weight excluding hydrogens is 228 g/mol. The average molecular weight is 252 g/mol. The Morgan fingerprint density at radius 1 is 1.56 bits per heavy atom. The molecule has 1 heterocycles. The van der Waals surface area contributed by atoms with Gasteiger partial charge in [0.05, 0.1) is 6.10 Å². The number of hydrogen-bond donors (Lipinski definition) is 1. The molecule has 0 aromatic heterocycles. The molecule has 1 N–H and O–H groups in total. The second kappa shape index (κ2) is 8.96. The monoisotopic (exact) mass is 252 g/mol. The van der Waals surface area contributed by atoms with Crippen molar-refractivity contribution in [3.8, 4) is 11.8 Å². The Hall–Kier alpha value is -1.05. The van der Waals surface area contributed by atoms with Gasteiger partial charge in [0, 0.05) is 25.6 Å². The van der Waals surface area contributed by atoms with Crippen LogP contribution >= 0.6 is 0 Å². The molecule has 0 bridgehead atoms. The standard InChI is InChI=1S/C14H24N2O2/c1-4-6-14(12(2)3)16-18-10-8-15-11-13-7-5-9-17-13/h12-13,15H,5,7-11H2,1-3H3/b16-14+/t13-/m1/s1. The Morgan fingerprint density at radius 2 is 2.39 bits per heavy atom. The third kappa shape index (κ3) is 6.04. The van der Waals surface area contributed by atoms with Crippen LogP contribution in [0.3, 0.4) is 0 Å². The smallest absolute Gasteiger partial charge is 0.132 e. The summed E-state index contributed by atoms with van der Waals surface area (Å²) in [4.78, 5) is 5.26. The van der Waals surface area contributed by atoms with E-state index in [9.17, 15) is 0 Å². The van der Waals surface area contributed by atoms with E-state index < -0.39 is 0 Å². The molecule has 0 saturated carbocycles. The molecule has 0 amide bonds. The summed E-state index contributed by atoms with van der Waals surface area (Å²) in [5, 5.41) is 7.36. The molecular formula is C14H24N2O2. The number of nitrogens with zero attached hydrogens (tertiary/aromatic N) is 1. The highest BCUT2D eigenvalue weighted by atomic mass is 16.6. The minimum absolute atomic E-state index is 0.303. The first-order valence-corrected chi connectivity index (χ1v) is 6.69. The molecule has 1 saturated heterocycles. The van der Waals surface area contributed by atoms with E-state index in [1.165, 1.54) is 6.42 Å². The van der Waals surface area contributed by atoms with Crippen molar-refractivity contribution in [2.45, 2.75) is 39.7 Å². The fraction of sp³-hybridized carbons (Fsp3) is 0.786. The van der Waals surface area contributed by atoms with Gasteiger partial charge in [0.15, 0.2) is 0 Å². The van der Waals surface area contributed by atoms with Crippen LogP contribution in [0.5, 0.6) is 0 Å². The lowest BCUT2D eigenvalue weighted by atomic mass is 10.1. The van der Waals surface area contributed by atoms with Gasteiger partial charge < -0.3 is 14.9 Å². The summed E-state index contributed by atoms with van der Waals surface area (Å²) in [7, 11) is 0. The largest absolute Gasteiger partial charge is 0.394 e. The Morgan fingerprint density at radius 3 is 3.00 bits per heavy atom. The van der Waals surface area contributed by atoms with E-state index in [4.69, 9.17) is 9.57 Å². The summed E-state index contributed by atoms with van der Waals surface area (Å²) in [6.45, 7) is 9.08. The fourth-order valence-electron chi connectivity index (χ4n) is 1.70. The first-order valence-electron chi connectivity index (χ1n) is 6.69. The lowest BCUT2D eigenvalue weighted by Gasteiger charge is -2.10. The normalized spacial score (nSPS) is 19.8. The molecule has 0 aliphatic carbocycles. The quantitative estimate of drug-likeness (QED) is 0.325. The second-order valence-electron chi connectivity index (χ2n) is 4.68. The van der Waals surface area contributed by atoms with E-state index in [-0.39, 0.29) is 0 Å². The minimum atomic E-state index is 0.303. The zero-order chi connectivity index (χ0) is 13.2. The first kappa shape index (κ1) is 15.0. The lowest BCUT2D eigenvalue weighted by molar-refractivity contribution is 0.103. The number of oxime groups is 1. The van der Waals surface area contributed by atoms with E-state index >= 15 is 0 Å². The van der Waals surface area contributed by atoms with Gasteiger partial charge >= 0.3 is 0 Å². The van der Waals surface area contributed by atoms with Gasteiger partial charge in [-0.15, -0.1) is 0 Å². The van der Waals surface area contributed by atoms with Crippen LogP contribution in [0.2, 0.25) is 0 Å². The summed E-state index contributed by atoms with van der Waals surface area (Å²) in [5.41, 5.74) is 0.802. The van der Waals surface area contributed by atoms with Crippen molar-refractivity contribution in [1.29, 1.82) is 0 Å². The van der Waals surface area contributed by atoms with Crippen LogP contribution in [-0.2, 0) is 9.57 Å². The summed E-state index contributed by atoms with van der Waals surface area (Å²) in [6, 6.07) is 0. The van der Waals surface area contributed by atoms with Gasteiger partial charge in [-0.1, -0.05) is 24.9 Å². The van der Waals surface area contributed by atoms with Gasteiger partial charge in [-0.25, -0.2) is 0 Å². The molecule has 4 heteroatoms. The molecule has 4 nitrogen and oxygen atoms in total. The van der Waals surface area contributed by atoms with Crippen molar-refractivity contribution in [1.82, 2.24) is 5.32 Å². The third-order valence-electron chi connectivity index (χ3n) is 2.73. The lowest BCUT2D eigenvalue weighted by Crippen LogP contribution is -2.28. The van der Waals surface area contributed by atoms with Crippen molar-refractivity contribution in [2.24, 2.45) is 11.1 Å². The van der Waals surface area contributed by atoms with Crippen molar-refractivity contribution >= 4 is 5.71 Å². The molecule has 1 fully saturated rings. The van der Waals surface area contributed by atoms with E-state index in [0.29, 0.717) is 18.6 Å². The van der Waals surface area contributed by atoms with E-state index in [1.54, 1.807) is 6.92 Å². The Kier molecular flexibility index (Phi) is 7.47. The van der Waals surface area contributed by atoms with Gasteiger partial charge in [0.2, 0.25) is 0 Å². The molecule has 0 unspecified atom stereocenters. The van der Waals surface area contributed by atoms with Crippen LogP contribution in [0.15, 0.2) is 5.16 Å². The van der Waals surface area contributed by atoms with Crippen LogP contribution in [0, 0.1) is 17.8 Å². The van der Waals surface area contributed by atoms with Gasteiger partial charge in [0.1, 0.15) is 12.3 Å². The molecule has 102 valence electrons. The Labute approximate surface area is 110 Å². The topological polar surface area (TPSA) is 42.8 Å². The molecule has 1 rings (SSSR count). The molecule has 1 atom stereocenters. The third-order valence-corrected chi connectivity index (χ3v) is 2.73. The Balaban J connectivity index is 2.08. The summed E-state index contributed by atoms with van der Waals surface area (Å²) in [6.07, 6.45) is 2.72. The van der Waals surface area contributed by atoms with Crippen LogP contribution in [0.25, 0.3) is 0 Å². The zero-order valence-corrected chi connectivity index (χ0v) is 11.7. The van der Waals surface area contributed by atoms with Crippen LogP contribution in [0.4, 0.5) is 0 Å². The van der Waals surface area contributed by atoms with Gasteiger partial charge in [-0.3, -0.25) is 0 Å². The van der Waals surface area contributed by atoms with Crippen LogP contribution < -0.4 is 5.32 Å². The van der Waals surface area contributed by atoms with Crippen molar-refractivity contribution in [3.63, 3.8) is 0 Å². The zero-order valence-electron chi connectivity index (χ0n) is 11.7. The second-order valence-corrected chi connectivity index (χ2v) is 4.68. The van der Waals surface area contributed by atoms with Crippen LogP contribution in [-0.4, -0.2) is 38.1 Å². The maximum absolute atomic E-state index is 5.51. The van der Waals surface area contributed by atoms with Gasteiger partial charge in [-0.2, -0.15) is 0 Å². The van der Waals surface area contributed by atoms with Gasteiger partial charge in [-0.05, 0) is 25.7 Å². The van der Waals surface area contributed by atoms with Gasteiger partial charge in [0.25, 0.3) is 0 Å². The SMILES string of the molecule is CC#C/C(=N\OCCNC[C@H]1CCCO1)C(C)C. The molecule has 1 aliphatic rings. The van der Waals surface area contributed by atoms with E-state index in [1.807, 2.05) is 0 Å². The first-order chi connectivity index (χ1) is 8.74. The molecule has 0 aromatic carbocycles. The van der Waals surface area contributed by atoms with Crippen molar-refractivity contribution < 1.29 is 9.57 Å². The van der Waals surface area contributed by atoms with Crippen molar-refractivity contribution in [3.05, 3.63) is 0 Å². The molecule has 0 aromatic rings. The highest BCUT2D eigenvalue weighted by molar-refractivity contribution is 6.01. The predicted octanol–water partition coefficient (Wildman–Crippen LogP) is 1.81. The highest BCUT2D eigenvalue weighted by Crippen LogP contribution is 2.10. The fourth-order valence-corrected chi connectivity index (χ4v) is 1.70. The Bertz CT molecular complexity index is 309. The number of nitrogens with one attached hydrogen (secondary N) is 1. The number of rotatable bonds is 7. The van der Waals surface area contributed by atoms with E-state index in [2.05, 4.69) is 36.2 Å².